The van der Waals surface area contributed by atoms with Crippen LogP contribution in [-0.2, 0) is 11.2 Å². The molecule has 6 nitrogen and oxygen atoms in total. The van der Waals surface area contributed by atoms with Gasteiger partial charge in [0, 0.05) is 37.1 Å². The summed E-state index contributed by atoms with van der Waals surface area (Å²) in [7, 11) is 1.62. The Balaban J connectivity index is 1.76. The summed E-state index contributed by atoms with van der Waals surface area (Å²) >= 11 is 0. The van der Waals surface area contributed by atoms with Crippen LogP contribution in [-0.4, -0.2) is 37.7 Å². The zero-order valence-corrected chi connectivity index (χ0v) is 17.5. The fraction of sp³-hybridized carbons (Fsp3) is 0.391. The number of anilines is 2. The lowest BCUT2D eigenvalue weighted by atomic mass is 9.92. The molecule has 1 heterocycles. The Bertz CT molecular complexity index is 872. The van der Waals surface area contributed by atoms with Crippen molar-refractivity contribution in [2.45, 2.75) is 32.8 Å². The third-order valence-electron chi connectivity index (χ3n) is 4.83. The lowest BCUT2D eigenvalue weighted by molar-refractivity contribution is 0.0519. The molecule has 1 atom stereocenters. The van der Waals surface area contributed by atoms with E-state index in [9.17, 15) is 9.59 Å². The molecule has 2 amide bonds. The summed E-state index contributed by atoms with van der Waals surface area (Å²) in [6.07, 6.45) is 0.497. The van der Waals surface area contributed by atoms with Crippen molar-refractivity contribution in [3.8, 4) is 0 Å². The minimum Gasteiger partial charge on any atom is -0.444 e. The number of fused-ring (bicyclic) bond motifs is 1. The number of alkyl carbamates (subject to hydrolysis) is 1. The van der Waals surface area contributed by atoms with Crippen LogP contribution in [0, 0.1) is 5.92 Å². The third-order valence-corrected chi connectivity index (χ3v) is 4.83. The van der Waals surface area contributed by atoms with Crippen LogP contribution in [0.4, 0.5) is 16.2 Å². The minimum absolute atomic E-state index is 0.102. The van der Waals surface area contributed by atoms with E-state index < -0.39 is 11.7 Å². The molecule has 1 aliphatic heterocycles. The fourth-order valence-corrected chi connectivity index (χ4v) is 3.54. The molecule has 1 unspecified atom stereocenters. The monoisotopic (exact) mass is 395 g/mol. The molecule has 3 rings (SSSR count). The predicted molar refractivity (Wildman–Crippen MR) is 115 cm³/mol. The van der Waals surface area contributed by atoms with Gasteiger partial charge in [-0.3, -0.25) is 4.79 Å². The molecular weight excluding hydrogens is 366 g/mol. The smallest absolute Gasteiger partial charge is 0.407 e. The van der Waals surface area contributed by atoms with Gasteiger partial charge in [0.15, 0.2) is 0 Å². The molecule has 0 aliphatic carbocycles. The Hall–Kier alpha value is -3.02. The van der Waals surface area contributed by atoms with Crippen molar-refractivity contribution in [1.29, 1.82) is 0 Å². The van der Waals surface area contributed by atoms with E-state index in [1.54, 1.807) is 7.05 Å². The molecule has 0 bridgehead atoms. The first-order valence-corrected chi connectivity index (χ1v) is 9.91. The van der Waals surface area contributed by atoms with Gasteiger partial charge < -0.3 is 20.3 Å². The number of hydrogen-bond donors (Lipinski definition) is 2. The van der Waals surface area contributed by atoms with Crippen LogP contribution in [0.1, 0.15) is 36.7 Å². The van der Waals surface area contributed by atoms with E-state index in [2.05, 4.69) is 27.7 Å². The minimum atomic E-state index is -0.512. The van der Waals surface area contributed by atoms with Crippen LogP contribution in [0.25, 0.3) is 0 Å². The van der Waals surface area contributed by atoms with E-state index in [4.69, 9.17) is 4.74 Å². The van der Waals surface area contributed by atoms with Gasteiger partial charge in [0.2, 0.25) is 0 Å². The molecule has 2 aromatic rings. The lowest BCUT2D eigenvalue weighted by Gasteiger charge is -2.36. The first kappa shape index (κ1) is 20.7. The number of benzene rings is 2. The molecule has 0 saturated carbocycles. The summed E-state index contributed by atoms with van der Waals surface area (Å²) in [5, 5.41) is 5.54. The second-order valence-corrected chi connectivity index (χ2v) is 8.32. The molecule has 154 valence electrons. The van der Waals surface area contributed by atoms with Gasteiger partial charge in [-0.1, -0.05) is 18.2 Å². The van der Waals surface area contributed by atoms with Gasteiger partial charge >= 0.3 is 6.09 Å². The highest BCUT2D eigenvalue weighted by Crippen LogP contribution is 2.35. The van der Waals surface area contributed by atoms with Crippen molar-refractivity contribution in [3.05, 3.63) is 59.7 Å². The van der Waals surface area contributed by atoms with E-state index >= 15 is 0 Å². The summed E-state index contributed by atoms with van der Waals surface area (Å²) in [4.78, 5) is 26.1. The lowest BCUT2D eigenvalue weighted by Crippen LogP contribution is -2.41. The molecule has 0 radical (unpaired) electrons. The van der Waals surface area contributed by atoms with Gasteiger partial charge in [-0.05, 0) is 69.0 Å². The second-order valence-electron chi connectivity index (χ2n) is 8.32. The van der Waals surface area contributed by atoms with E-state index in [1.807, 2.05) is 57.2 Å². The highest BCUT2D eigenvalue weighted by molar-refractivity contribution is 5.94. The molecule has 0 fully saturated rings. The van der Waals surface area contributed by atoms with Crippen LogP contribution < -0.4 is 15.5 Å². The Morgan fingerprint density at radius 3 is 2.45 bits per heavy atom. The summed E-state index contributed by atoms with van der Waals surface area (Å²) in [5.41, 5.74) is 3.54. The van der Waals surface area contributed by atoms with Crippen LogP contribution in [0.5, 0.6) is 0 Å². The number of nitrogens with zero attached hydrogens (tertiary/aromatic N) is 1. The van der Waals surface area contributed by atoms with E-state index in [-0.39, 0.29) is 11.8 Å². The molecular formula is C23H29N3O3. The molecule has 2 aromatic carbocycles. The maximum Gasteiger partial charge on any atom is 0.407 e. The standard InChI is InChI=1S/C23H29N3O3/c1-23(2,3)29-22(28)25-14-16-13-18-7-5-6-8-20(18)26(15-16)19-11-9-17(10-12-19)21(27)24-4/h5-12,16H,13-15H2,1-4H3,(H,24,27)(H,25,28). The SMILES string of the molecule is CNC(=O)c1ccc(N2CC(CNC(=O)OC(C)(C)C)Cc3ccccc32)cc1. The highest BCUT2D eigenvalue weighted by atomic mass is 16.6. The van der Waals surface area contributed by atoms with Crippen LogP contribution >= 0.6 is 0 Å². The molecule has 2 N–H and O–H groups in total. The normalized spacial score (nSPS) is 16.0. The summed E-state index contributed by atoms with van der Waals surface area (Å²) in [5.74, 6) is 0.145. The molecule has 29 heavy (non-hydrogen) atoms. The number of carbonyl (C=O) groups is 2. The first-order chi connectivity index (χ1) is 13.8. The molecule has 0 saturated heterocycles. The number of hydrogen-bond acceptors (Lipinski definition) is 4. The van der Waals surface area contributed by atoms with Crippen molar-refractivity contribution < 1.29 is 14.3 Å². The summed E-state index contributed by atoms with van der Waals surface area (Å²) in [6, 6.07) is 15.9. The Morgan fingerprint density at radius 2 is 1.79 bits per heavy atom. The van der Waals surface area contributed by atoms with Gasteiger partial charge in [0.1, 0.15) is 5.60 Å². The van der Waals surface area contributed by atoms with E-state index in [1.165, 1.54) is 5.56 Å². The highest BCUT2D eigenvalue weighted by Gasteiger charge is 2.26. The van der Waals surface area contributed by atoms with Crippen molar-refractivity contribution in [3.63, 3.8) is 0 Å². The van der Waals surface area contributed by atoms with Crippen molar-refractivity contribution in [2.24, 2.45) is 5.92 Å². The number of nitrogens with one attached hydrogen (secondary N) is 2. The molecule has 1 aliphatic rings. The zero-order valence-electron chi connectivity index (χ0n) is 17.5. The summed E-state index contributed by atoms with van der Waals surface area (Å²) < 4.78 is 5.35. The zero-order chi connectivity index (χ0) is 21.0. The largest absolute Gasteiger partial charge is 0.444 e. The van der Waals surface area contributed by atoms with Gasteiger partial charge in [-0.25, -0.2) is 4.79 Å². The fourth-order valence-electron chi connectivity index (χ4n) is 3.54. The van der Waals surface area contributed by atoms with Crippen molar-refractivity contribution in [2.75, 3.05) is 25.0 Å². The Kier molecular flexibility index (Phi) is 6.11. The van der Waals surface area contributed by atoms with Crippen molar-refractivity contribution in [1.82, 2.24) is 10.6 Å². The average Bonchev–Trinajstić information content (AvgIpc) is 2.70. The number of rotatable bonds is 4. The van der Waals surface area contributed by atoms with Gasteiger partial charge in [-0.2, -0.15) is 0 Å². The molecule has 0 aromatic heterocycles. The maximum absolute atomic E-state index is 12.0. The number of ether oxygens (including phenoxy) is 1. The number of carbonyl (C=O) groups excluding carboxylic acids is 2. The molecule has 0 spiro atoms. The van der Waals surface area contributed by atoms with Crippen LogP contribution in [0.3, 0.4) is 0 Å². The topological polar surface area (TPSA) is 70.7 Å². The summed E-state index contributed by atoms with van der Waals surface area (Å²) in [6.45, 7) is 6.87. The second kappa shape index (κ2) is 8.55. The van der Waals surface area contributed by atoms with Gasteiger partial charge in [0.25, 0.3) is 5.91 Å². The first-order valence-electron chi connectivity index (χ1n) is 9.91. The number of para-hydroxylation sites is 1. The van der Waals surface area contributed by atoms with Crippen LogP contribution in [0.15, 0.2) is 48.5 Å². The number of amides is 2. The van der Waals surface area contributed by atoms with E-state index in [0.29, 0.717) is 12.1 Å². The maximum atomic E-state index is 12.0. The van der Waals surface area contributed by atoms with Gasteiger partial charge in [0.05, 0.1) is 0 Å². The third kappa shape index (κ3) is 5.28. The molecule has 6 heteroatoms. The Labute approximate surface area is 172 Å². The van der Waals surface area contributed by atoms with E-state index in [0.717, 1.165) is 24.3 Å². The van der Waals surface area contributed by atoms with Gasteiger partial charge in [-0.15, -0.1) is 0 Å². The van der Waals surface area contributed by atoms with Crippen LogP contribution in [0.2, 0.25) is 0 Å². The van der Waals surface area contributed by atoms with Crippen molar-refractivity contribution >= 4 is 23.4 Å². The predicted octanol–water partition coefficient (Wildman–Crippen LogP) is 3.88. The average molecular weight is 396 g/mol. The Morgan fingerprint density at radius 1 is 1.10 bits per heavy atom. The quantitative estimate of drug-likeness (QED) is 0.824.